The standard InChI is InChI=1S/C32H37ClN4O4/c1-18-15-22(16-19(2)29(18)33)40-14-8-11-24-23-9-6-10-25(28-20(3)36-37(5)21(28)4)30(23)35-31(24)32(39)34-26-12-7-13-27(26)41-17-38/h6,9-10,15-17,26-27,35H,7-8,11-14H2,1-5H3,(H,34,39)/t26-,27+/m0/s1. The van der Waals surface area contributed by atoms with Gasteiger partial charge in [-0.2, -0.15) is 5.10 Å². The molecule has 2 N–H and O–H groups in total. The molecule has 216 valence electrons. The Morgan fingerprint density at radius 3 is 2.63 bits per heavy atom. The highest BCUT2D eigenvalue weighted by molar-refractivity contribution is 6.32. The number of aromatic nitrogens is 3. The number of ether oxygens (including phenoxy) is 2. The van der Waals surface area contributed by atoms with Crippen molar-refractivity contribution in [2.24, 2.45) is 7.05 Å². The summed E-state index contributed by atoms with van der Waals surface area (Å²) in [4.78, 5) is 28.2. The van der Waals surface area contributed by atoms with E-state index >= 15 is 0 Å². The van der Waals surface area contributed by atoms with Crippen molar-refractivity contribution in [3.05, 3.63) is 69.1 Å². The molecule has 0 bridgehead atoms. The average molecular weight is 577 g/mol. The zero-order valence-electron chi connectivity index (χ0n) is 24.3. The average Bonchev–Trinajstić information content (AvgIpc) is 3.61. The molecule has 9 heteroatoms. The third-order valence-corrected chi connectivity index (χ3v) is 8.79. The Morgan fingerprint density at radius 1 is 1.20 bits per heavy atom. The number of hydrogen-bond acceptors (Lipinski definition) is 5. The molecule has 2 aromatic carbocycles. The third-order valence-electron chi connectivity index (χ3n) is 8.20. The number of nitrogens with one attached hydrogen (secondary N) is 2. The molecule has 4 aromatic rings. The van der Waals surface area contributed by atoms with Gasteiger partial charge >= 0.3 is 0 Å². The molecule has 1 saturated carbocycles. The molecule has 1 aliphatic carbocycles. The summed E-state index contributed by atoms with van der Waals surface area (Å²) in [6.07, 6.45) is 3.46. The van der Waals surface area contributed by atoms with Crippen molar-refractivity contribution in [3.63, 3.8) is 0 Å². The number of hydrogen-bond donors (Lipinski definition) is 2. The van der Waals surface area contributed by atoms with Crippen molar-refractivity contribution in [2.45, 2.75) is 71.9 Å². The summed E-state index contributed by atoms with van der Waals surface area (Å²) in [6.45, 7) is 8.96. The van der Waals surface area contributed by atoms with E-state index in [1.165, 1.54) is 0 Å². The van der Waals surface area contributed by atoms with Crippen LogP contribution in [-0.4, -0.2) is 45.9 Å². The summed E-state index contributed by atoms with van der Waals surface area (Å²) in [6, 6.07) is 9.84. The molecule has 2 atom stereocenters. The summed E-state index contributed by atoms with van der Waals surface area (Å²) in [7, 11) is 1.94. The van der Waals surface area contributed by atoms with Gasteiger partial charge in [-0.25, -0.2) is 0 Å². The van der Waals surface area contributed by atoms with Crippen molar-refractivity contribution >= 4 is 34.9 Å². The number of aromatic amines is 1. The number of rotatable bonds is 10. The van der Waals surface area contributed by atoms with Gasteiger partial charge in [0, 0.05) is 34.3 Å². The zero-order valence-corrected chi connectivity index (χ0v) is 25.0. The second-order valence-corrected chi connectivity index (χ2v) is 11.4. The highest BCUT2D eigenvalue weighted by Gasteiger charge is 2.31. The van der Waals surface area contributed by atoms with E-state index in [4.69, 9.17) is 21.1 Å². The van der Waals surface area contributed by atoms with E-state index < -0.39 is 0 Å². The Bertz CT molecular complexity index is 1580. The molecule has 2 aromatic heterocycles. The predicted molar refractivity (Wildman–Crippen MR) is 161 cm³/mol. The number of fused-ring (bicyclic) bond motifs is 1. The number of aryl methyl sites for hydroxylation is 5. The van der Waals surface area contributed by atoms with Crippen LogP contribution in [0.3, 0.4) is 0 Å². The normalized spacial score (nSPS) is 16.7. The lowest BCUT2D eigenvalue weighted by atomic mass is 9.98. The highest BCUT2D eigenvalue weighted by atomic mass is 35.5. The number of halogens is 1. The van der Waals surface area contributed by atoms with Gasteiger partial charge in [0.15, 0.2) is 0 Å². The molecule has 0 spiro atoms. The lowest BCUT2D eigenvalue weighted by molar-refractivity contribution is -0.134. The van der Waals surface area contributed by atoms with Crippen LogP contribution in [0.2, 0.25) is 5.02 Å². The Labute approximate surface area is 245 Å². The van der Waals surface area contributed by atoms with Crippen LogP contribution < -0.4 is 10.1 Å². The zero-order chi connectivity index (χ0) is 29.3. The molecule has 1 amide bonds. The Balaban J connectivity index is 1.46. The van der Waals surface area contributed by atoms with Gasteiger partial charge in [0.05, 0.1) is 23.9 Å². The van der Waals surface area contributed by atoms with Crippen LogP contribution in [0, 0.1) is 27.7 Å². The monoisotopic (exact) mass is 576 g/mol. The fraction of sp³-hybridized carbons (Fsp3) is 0.406. The van der Waals surface area contributed by atoms with Gasteiger partial charge in [-0.1, -0.05) is 29.8 Å². The maximum Gasteiger partial charge on any atom is 0.293 e. The van der Waals surface area contributed by atoms with Crippen molar-refractivity contribution in [1.82, 2.24) is 20.1 Å². The molecule has 1 fully saturated rings. The molecule has 8 nitrogen and oxygen atoms in total. The fourth-order valence-corrected chi connectivity index (χ4v) is 6.20. The number of amides is 1. The van der Waals surface area contributed by atoms with Crippen molar-refractivity contribution in [1.29, 1.82) is 0 Å². The number of benzene rings is 2. The van der Waals surface area contributed by atoms with Crippen LogP contribution in [0.5, 0.6) is 5.75 Å². The summed E-state index contributed by atoms with van der Waals surface area (Å²) in [5.41, 5.74) is 8.40. The summed E-state index contributed by atoms with van der Waals surface area (Å²) in [5.74, 6) is 0.589. The lowest BCUT2D eigenvalue weighted by Gasteiger charge is -2.19. The minimum Gasteiger partial charge on any atom is -0.494 e. The van der Waals surface area contributed by atoms with E-state index in [1.54, 1.807) is 0 Å². The first-order chi connectivity index (χ1) is 19.7. The molecule has 0 saturated heterocycles. The molecule has 0 unspecified atom stereocenters. The van der Waals surface area contributed by atoms with Gasteiger partial charge in [0.1, 0.15) is 17.5 Å². The molecular weight excluding hydrogens is 540 g/mol. The van der Waals surface area contributed by atoms with Crippen LogP contribution in [0.1, 0.15) is 64.2 Å². The molecule has 5 rings (SSSR count). The highest BCUT2D eigenvalue weighted by Crippen LogP contribution is 2.36. The second-order valence-electron chi connectivity index (χ2n) is 11.0. The van der Waals surface area contributed by atoms with E-state index in [2.05, 4.69) is 34.5 Å². The van der Waals surface area contributed by atoms with Crippen LogP contribution in [0.4, 0.5) is 0 Å². The number of nitrogens with zero attached hydrogens (tertiary/aromatic N) is 2. The molecule has 0 aliphatic heterocycles. The van der Waals surface area contributed by atoms with Gasteiger partial charge in [-0.05, 0) is 88.6 Å². The first-order valence-corrected chi connectivity index (χ1v) is 14.5. The molecule has 2 heterocycles. The predicted octanol–water partition coefficient (Wildman–Crippen LogP) is 6.29. The molecular formula is C32H37ClN4O4. The fourth-order valence-electron chi connectivity index (χ4n) is 6.09. The Kier molecular flexibility index (Phi) is 8.40. The Morgan fingerprint density at radius 2 is 1.95 bits per heavy atom. The molecule has 0 radical (unpaired) electrons. The molecule has 1 aliphatic rings. The maximum atomic E-state index is 13.7. The van der Waals surface area contributed by atoms with Crippen molar-refractivity contribution in [2.75, 3.05) is 6.61 Å². The summed E-state index contributed by atoms with van der Waals surface area (Å²) < 4.78 is 13.2. The largest absolute Gasteiger partial charge is 0.494 e. The van der Waals surface area contributed by atoms with Gasteiger partial charge in [-0.3, -0.25) is 14.3 Å². The van der Waals surface area contributed by atoms with Gasteiger partial charge in [0.25, 0.3) is 12.4 Å². The number of carbonyl (C=O) groups is 2. The van der Waals surface area contributed by atoms with Gasteiger partial charge < -0.3 is 19.8 Å². The quantitative estimate of drug-likeness (QED) is 0.171. The van der Waals surface area contributed by atoms with Crippen molar-refractivity contribution < 1.29 is 19.1 Å². The maximum absolute atomic E-state index is 13.7. The topological polar surface area (TPSA) is 98.2 Å². The van der Waals surface area contributed by atoms with Crippen LogP contribution >= 0.6 is 11.6 Å². The summed E-state index contributed by atoms with van der Waals surface area (Å²) in [5, 5.41) is 9.51. The minimum absolute atomic E-state index is 0.196. The van der Waals surface area contributed by atoms with Crippen LogP contribution in [-0.2, 0) is 23.0 Å². The van der Waals surface area contributed by atoms with Crippen LogP contribution in [0.15, 0.2) is 30.3 Å². The smallest absolute Gasteiger partial charge is 0.293 e. The van der Waals surface area contributed by atoms with E-state index in [-0.39, 0.29) is 18.1 Å². The summed E-state index contributed by atoms with van der Waals surface area (Å²) >= 11 is 6.32. The second kappa shape index (κ2) is 12.0. The molecule has 41 heavy (non-hydrogen) atoms. The van der Waals surface area contributed by atoms with Crippen molar-refractivity contribution in [3.8, 4) is 16.9 Å². The van der Waals surface area contributed by atoms with E-state index in [9.17, 15) is 9.59 Å². The number of H-pyrrole nitrogens is 1. The lowest BCUT2D eigenvalue weighted by Crippen LogP contribution is -2.41. The first-order valence-electron chi connectivity index (χ1n) is 14.1. The number of para-hydroxylation sites is 1. The van der Waals surface area contributed by atoms with Crippen LogP contribution in [0.25, 0.3) is 22.0 Å². The SMILES string of the molecule is Cc1cc(OCCCc2c(C(=O)N[C@H]3CCC[C@H]3OC=O)[nH]c3c(-c4c(C)nn(C)c4C)cccc23)cc(C)c1Cl. The van der Waals surface area contributed by atoms with Gasteiger partial charge in [0.2, 0.25) is 0 Å². The van der Waals surface area contributed by atoms with E-state index in [0.717, 1.165) is 80.1 Å². The van der Waals surface area contributed by atoms with E-state index in [1.807, 2.05) is 50.7 Å². The van der Waals surface area contributed by atoms with E-state index in [0.29, 0.717) is 31.6 Å². The Hall–Kier alpha value is -3.78. The number of carbonyl (C=O) groups excluding carboxylic acids is 2. The first kappa shape index (κ1) is 28.7. The third kappa shape index (κ3) is 5.71. The van der Waals surface area contributed by atoms with Gasteiger partial charge in [-0.15, -0.1) is 0 Å². The minimum atomic E-state index is -0.305.